The molecule has 4 nitrogen and oxygen atoms in total. The first-order valence-corrected chi connectivity index (χ1v) is 8.09. The summed E-state index contributed by atoms with van der Waals surface area (Å²) in [5.41, 5.74) is 1.41. The molecule has 2 fully saturated rings. The fourth-order valence-electron chi connectivity index (χ4n) is 3.68. The van der Waals surface area contributed by atoms with Crippen molar-refractivity contribution in [2.75, 3.05) is 13.2 Å². The summed E-state index contributed by atoms with van der Waals surface area (Å²) in [6.45, 7) is 4.20. The Kier molecular flexibility index (Phi) is 4.13. The zero-order chi connectivity index (χ0) is 14.0. The Morgan fingerprint density at radius 1 is 1.55 bits per heavy atom. The van der Waals surface area contributed by atoms with Crippen LogP contribution < -0.4 is 5.32 Å². The van der Waals surface area contributed by atoms with Crippen molar-refractivity contribution in [2.24, 2.45) is 13.0 Å². The molecule has 4 heteroatoms. The molecule has 1 aromatic rings. The third-order valence-corrected chi connectivity index (χ3v) is 4.93. The van der Waals surface area contributed by atoms with Crippen molar-refractivity contribution in [3.63, 3.8) is 0 Å². The number of aromatic nitrogens is 2. The zero-order valence-electron chi connectivity index (χ0n) is 12.8. The van der Waals surface area contributed by atoms with E-state index in [0.717, 1.165) is 26.0 Å². The molecule has 2 heterocycles. The highest BCUT2D eigenvalue weighted by atomic mass is 16.5. The first-order valence-electron chi connectivity index (χ1n) is 8.09. The van der Waals surface area contributed by atoms with Crippen molar-refractivity contribution in [3.8, 4) is 0 Å². The van der Waals surface area contributed by atoms with E-state index in [-0.39, 0.29) is 5.60 Å². The summed E-state index contributed by atoms with van der Waals surface area (Å²) >= 11 is 0. The van der Waals surface area contributed by atoms with Gasteiger partial charge in [0.1, 0.15) is 0 Å². The van der Waals surface area contributed by atoms with Crippen LogP contribution >= 0.6 is 0 Å². The van der Waals surface area contributed by atoms with Crippen molar-refractivity contribution >= 4 is 0 Å². The van der Waals surface area contributed by atoms with Gasteiger partial charge in [-0.25, -0.2) is 0 Å². The van der Waals surface area contributed by atoms with E-state index in [1.165, 1.54) is 31.4 Å². The smallest absolute Gasteiger partial charge is 0.0796 e. The summed E-state index contributed by atoms with van der Waals surface area (Å²) < 4.78 is 7.99. The molecule has 1 saturated heterocycles. The third-order valence-electron chi connectivity index (χ3n) is 4.93. The first-order chi connectivity index (χ1) is 9.72. The average molecular weight is 277 g/mol. The number of ether oxygens (including phenoxy) is 1. The molecular weight excluding hydrogens is 250 g/mol. The van der Waals surface area contributed by atoms with E-state index in [2.05, 4.69) is 29.6 Å². The van der Waals surface area contributed by atoms with Crippen molar-refractivity contribution in [1.82, 2.24) is 15.1 Å². The lowest BCUT2D eigenvalue weighted by atomic mass is 9.70. The Bertz CT molecular complexity index is 439. The van der Waals surface area contributed by atoms with E-state index in [9.17, 15) is 0 Å². The highest BCUT2D eigenvalue weighted by Gasteiger charge is 2.44. The molecule has 112 valence electrons. The molecule has 1 aliphatic carbocycles. The fraction of sp³-hybridized carbons (Fsp3) is 0.812. The normalized spacial score (nSPS) is 26.4. The van der Waals surface area contributed by atoms with E-state index in [1.807, 2.05) is 11.7 Å². The third kappa shape index (κ3) is 2.77. The van der Waals surface area contributed by atoms with Gasteiger partial charge in [0.05, 0.1) is 17.3 Å². The monoisotopic (exact) mass is 277 g/mol. The predicted molar refractivity (Wildman–Crippen MR) is 79.5 cm³/mol. The van der Waals surface area contributed by atoms with E-state index in [4.69, 9.17) is 4.74 Å². The minimum Gasteiger partial charge on any atom is -0.375 e. The van der Waals surface area contributed by atoms with Crippen molar-refractivity contribution in [1.29, 1.82) is 0 Å². The molecule has 1 aromatic heterocycles. The van der Waals surface area contributed by atoms with Gasteiger partial charge in [-0.15, -0.1) is 0 Å². The summed E-state index contributed by atoms with van der Waals surface area (Å²) in [6, 6.07) is 2.55. The minimum atomic E-state index is 0.212. The molecule has 2 aliphatic rings. The van der Waals surface area contributed by atoms with Crippen molar-refractivity contribution < 1.29 is 4.74 Å². The van der Waals surface area contributed by atoms with Gasteiger partial charge in [0, 0.05) is 19.9 Å². The van der Waals surface area contributed by atoms with Gasteiger partial charge in [-0.05, 0) is 57.1 Å². The largest absolute Gasteiger partial charge is 0.375 e. The van der Waals surface area contributed by atoms with Gasteiger partial charge in [0.2, 0.25) is 0 Å². The van der Waals surface area contributed by atoms with E-state index in [1.54, 1.807) is 0 Å². The van der Waals surface area contributed by atoms with Crippen LogP contribution in [0.15, 0.2) is 12.3 Å². The average Bonchev–Trinajstić information content (AvgIpc) is 2.84. The molecule has 3 rings (SSSR count). The van der Waals surface area contributed by atoms with E-state index in [0.29, 0.717) is 12.0 Å². The highest BCUT2D eigenvalue weighted by molar-refractivity contribution is 5.09. The zero-order valence-corrected chi connectivity index (χ0v) is 12.8. The Labute approximate surface area is 121 Å². The Morgan fingerprint density at radius 2 is 2.40 bits per heavy atom. The van der Waals surface area contributed by atoms with Crippen LogP contribution in [-0.2, 0) is 11.8 Å². The maximum Gasteiger partial charge on any atom is 0.0796 e. The van der Waals surface area contributed by atoms with Crippen molar-refractivity contribution in [2.45, 2.75) is 57.1 Å². The van der Waals surface area contributed by atoms with Crippen LogP contribution in [0.3, 0.4) is 0 Å². The molecule has 0 aromatic carbocycles. The number of rotatable bonds is 5. The summed E-state index contributed by atoms with van der Waals surface area (Å²) in [5, 5.41) is 8.37. The van der Waals surface area contributed by atoms with Gasteiger partial charge >= 0.3 is 0 Å². The van der Waals surface area contributed by atoms with Gasteiger partial charge in [-0.3, -0.25) is 4.68 Å². The predicted octanol–water partition coefficient (Wildman–Crippen LogP) is 2.81. The van der Waals surface area contributed by atoms with Crippen molar-refractivity contribution in [3.05, 3.63) is 18.0 Å². The standard InChI is InChI=1S/C16H27N3O/c1-3-9-17-15(14-5-10-19(2)18-14)13-6-11-20-16(12-13)7-4-8-16/h5,10,13,15,17H,3-4,6-9,11-12H2,1-2H3. The highest BCUT2D eigenvalue weighted by Crippen LogP contribution is 2.46. The SMILES string of the molecule is CCCNC(c1ccn(C)n1)C1CCOC2(CCC2)C1. The molecule has 20 heavy (non-hydrogen) atoms. The van der Waals surface area contributed by atoms with Crippen LogP contribution in [0.25, 0.3) is 0 Å². The molecule has 0 bridgehead atoms. The lowest BCUT2D eigenvalue weighted by Gasteiger charge is -2.48. The van der Waals surface area contributed by atoms with Crippen LogP contribution in [0.1, 0.15) is 57.2 Å². The number of nitrogens with zero attached hydrogens (tertiary/aromatic N) is 2. The molecule has 1 saturated carbocycles. The molecule has 2 atom stereocenters. The quantitative estimate of drug-likeness (QED) is 0.899. The maximum atomic E-state index is 6.07. The molecule has 1 aliphatic heterocycles. The van der Waals surface area contributed by atoms with Gasteiger partial charge in [0.25, 0.3) is 0 Å². The fourth-order valence-corrected chi connectivity index (χ4v) is 3.68. The number of hydrogen-bond donors (Lipinski definition) is 1. The van der Waals surface area contributed by atoms with Crippen LogP contribution in [0.2, 0.25) is 0 Å². The summed E-state index contributed by atoms with van der Waals surface area (Å²) in [5.74, 6) is 0.658. The van der Waals surface area contributed by atoms with Crippen LogP contribution in [0.4, 0.5) is 0 Å². The van der Waals surface area contributed by atoms with Gasteiger partial charge in [-0.1, -0.05) is 6.92 Å². The van der Waals surface area contributed by atoms with Crippen LogP contribution in [0.5, 0.6) is 0 Å². The molecule has 0 radical (unpaired) electrons. The lowest BCUT2D eigenvalue weighted by molar-refractivity contribution is -0.147. The maximum absolute atomic E-state index is 6.07. The molecule has 1 spiro atoms. The van der Waals surface area contributed by atoms with E-state index >= 15 is 0 Å². The molecule has 2 unspecified atom stereocenters. The van der Waals surface area contributed by atoms with Crippen LogP contribution in [0, 0.1) is 5.92 Å². The molecular formula is C16H27N3O. The number of aryl methyl sites for hydroxylation is 1. The summed E-state index contributed by atoms with van der Waals surface area (Å²) in [6.07, 6.45) is 9.42. The van der Waals surface area contributed by atoms with Gasteiger partial charge in [0.15, 0.2) is 0 Å². The van der Waals surface area contributed by atoms with Gasteiger partial charge in [-0.2, -0.15) is 5.10 Å². The number of hydrogen-bond acceptors (Lipinski definition) is 3. The summed E-state index contributed by atoms with van der Waals surface area (Å²) in [7, 11) is 2.00. The second-order valence-electron chi connectivity index (χ2n) is 6.48. The Balaban J connectivity index is 1.74. The molecule has 0 amide bonds. The topological polar surface area (TPSA) is 39.1 Å². The van der Waals surface area contributed by atoms with E-state index < -0.39 is 0 Å². The Morgan fingerprint density at radius 3 is 3.00 bits per heavy atom. The van der Waals surface area contributed by atoms with Gasteiger partial charge < -0.3 is 10.1 Å². The lowest BCUT2D eigenvalue weighted by Crippen LogP contribution is -2.48. The minimum absolute atomic E-state index is 0.212. The molecule has 1 N–H and O–H groups in total. The first kappa shape index (κ1) is 14.1. The second kappa shape index (κ2) is 5.86. The summed E-state index contributed by atoms with van der Waals surface area (Å²) in [4.78, 5) is 0. The second-order valence-corrected chi connectivity index (χ2v) is 6.48. The Hall–Kier alpha value is -0.870. The number of nitrogens with one attached hydrogen (secondary N) is 1. The van der Waals surface area contributed by atoms with Crippen LogP contribution in [-0.4, -0.2) is 28.5 Å².